The highest BCUT2D eigenvalue weighted by atomic mass is 35.5. The number of halogens is 3. The van der Waals surface area contributed by atoms with E-state index < -0.39 is 0 Å². The van der Waals surface area contributed by atoms with Crippen molar-refractivity contribution < 1.29 is 0 Å². The van der Waals surface area contributed by atoms with Crippen LogP contribution >= 0.6 is 34.8 Å². The summed E-state index contributed by atoms with van der Waals surface area (Å²) in [5.41, 5.74) is 3.16. The molecule has 1 heterocycles. The van der Waals surface area contributed by atoms with Crippen LogP contribution in [0.3, 0.4) is 0 Å². The van der Waals surface area contributed by atoms with Crippen molar-refractivity contribution in [1.29, 1.82) is 0 Å². The first kappa shape index (κ1) is 15.7. The summed E-state index contributed by atoms with van der Waals surface area (Å²) in [6, 6.07) is 7.88. The Morgan fingerprint density at radius 3 is 2.45 bits per heavy atom. The first-order chi connectivity index (χ1) is 9.52. The second-order valence-corrected chi connectivity index (χ2v) is 6.07. The van der Waals surface area contributed by atoms with Gasteiger partial charge in [-0.05, 0) is 37.3 Å². The van der Waals surface area contributed by atoms with Crippen LogP contribution in [0.4, 0.5) is 0 Å². The molecule has 20 heavy (non-hydrogen) atoms. The maximum Gasteiger partial charge on any atom is 0.130 e. The molecule has 0 saturated carbocycles. The number of rotatable bonds is 5. The summed E-state index contributed by atoms with van der Waals surface area (Å²) in [4.78, 5) is 0. The predicted octanol–water partition coefficient (Wildman–Crippen LogP) is 4.68. The molecule has 108 valence electrons. The molecule has 5 heteroatoms. The van der Waals surface area contributed by atoms with E-state index in [1.54, 1.807) is 4.68 Å². The molecule has 1 unspecified atom stereocenters. The fourth-order valence-corrected chi connectivity index (χ4v) is 3.03. The third-order valence-electron chi connectivity index (χ3n) is 3.45. The van der Waals surface area contributed by atoms with Crippen molar-refractivity contribution in [3.8, 4) is 0 Å². The number of aromatic nitrogens is 2. The molecule has 2 rings (SSSR count). The number of nitrogens with zero attached hydrogens (tertiary/aromatic N) is 2. The van der Waals surface area contributed by atoms with Gasteiger partial charge in [-0.15, -0.1) is 11.6 Å². The molecule has 0 N–H and O–H groups in total. The minimum Gasteiger partial charge on any atom is -0.257 e. The Balaban J connectivity index is 2.15. The number of aryl methyl sites for hydroxylation is 2. The molecule has 0 fully saturated rings. The zero-order valence-corrected chi connectivity index (χ0v) is 13.8. The maximum absolute atomic E-state index is 6.28. The van der Waals surface area contributed by atoms with E-state index in [4.69, 9.17) is 34.8 Å². The van der Waals surface area contributed by atoms with Crippen LogP contribution in [0, 0.1) is 12.8 Å². The van der Waals surface area contributed by atoms with Gasteiger partial charge in [0.15, 0.2) is 0 Å². The molecule has 0 bridgehead atoms. The first-order valence-electron chi connectivity index (χ1n) is 6.50. The second-order valence-electron chi connectivity index (χ2n) is 5.00. The highest BCUT2D eigenvalue weighted by Crippen LogP contribution is 2.26. The monoisotopic (exact) mass is 330 g/mol. The molecule has 2 nitrogen and oxygen atoms in total. The molecule has 0 aliphatic heterocycles. The number of alkyl halides is 1. The molecule has 2 aromatic rings. The molecule has 0 aliphatic rings. The molecular formula is C15H17Cl3N2. The van der Waals surface area contributed by atoms with E-state index in [2.05, 4.69) is 5.10 Å². The highest BCUT2D eigenvalue weighted by Gasteiger charge is 2.18. The van der Waals surface area contributed by atoms with Crippen molar-refractivity contribution in [2.45, 2.75) is 19.8 Å². The SMILES string of the molecule is Cc1nn(C)c(Cl)c1CC(CCl)Cc1ccccc1Cl. The van der Waals surface area contributed by atoms with Crippen molar-refractivity contribution >= 4 is 34.8 Å². The van der Waals surface area contributed by atoms with Gasteiger partial charge in [-0.25, -0.2) is 0 Å². The standard InChI is InChI=1S/C15H17Cl3N2/c1-10-13(15(18)20(2)19-10)8-11(9-16)7-12-5-3-4-6-14(12)17/h3-6,11H,7-9H2,1-2H3. The zero-order chi connectivity index (χ0) is 14.7. The summed E-state index contributed by atoms with van der Waals surface area (Å²) >= 11 is 18.6. The van der Waals surface area contributed by atoms with Gasteiger partial charge in [0.05, 0.1) is 5.69 Å². The number of hydrogen-bond acceptors (Lipinski definition) is 1. The normalized spacial score (nSPS) is 12.7. The van der Waals surface area contributed by atoms with Crippen LogP contribution in [0.2, 0.25) is 10.2 Å². The Morgan fingerprint density at radius 2 is 1.90 bits per heavy atom. The first-order valence-corrected chi connectivity index (χ1v) is 7.79. The minimum absolute atomic E-state index is 0.289. The van der Waals surface area contributed by atoms with E-state index in [1.807, 2.05) is 38.2 Å². The predicted molar refractivity (Wildman–Crippen MR) is 86.0 cm³/mol. The van der Waals surface area contributed by atoms with Gasteiger partial charge >= 0.3 is 0 Å². The number of hydrogen-bond donors (Lipinski definition) is 0. The van der Waals surface area contributed by atoms with Gasteiger partial charge in [0.2, 0.25) is 0 Å². The summed E-state index contributed by atoms with van der Waals surface area (Å²) in [6.45, 7) is 1.97. The molecule has 1 aromatic heterocycles. The summed E-state index contributed by atoms with van der Waals surface area (Å²) in [6.07, 6.45) is 1.65. The Labute approximate surface area is 134 Å². The lowest BCUT2D eigenvalue weighted by atomic mass is 9.94. The van der Waals surface area contributed by atoms with Crippen LogP contribution in [0.15, 0.2) is 24.3 Å². The molecule has 0 aliphatic carbocycles. The van der Waals surface area contributed by atoms with Crippen molar-refractivity contribution in [3.63, 3.8) is 0 Å². The maximum atomic E-state index is 6.28. The van der Waals surface area contributed by atoms with E-state index in [0.29, 0.717) is 11.0 Å². The molecule has 0 radical (unpaired) electrons. The van der Waals surface area contributed by atoms with Crippen LogP contribution < -0.4 is 0 Å². The highest BCUT2D eigenvalue weighted by molar-refractivity contribution is 6.31. The van der Waals surface area contributed by atoms with Gasteiger partial charge in [0.25, 0.3) is 0 Å². The lowest BCUT2D eigenvalue weighted by molar-refractivity contribution is 0.582. The molecule has 0 amide bonds. The quantitative estimate of drug-likeness (QED) is 0.728. The fraction of sp³-hybridized carbons (Fsp3) is 0.400. The van der Waals surface area contributed by atoms with Crippen LogP contribution in [0.25, 0.3) is 0 Å². The van der Waals surface area contributed by atoms with Crippen LogP contribution in [-0.2, 0) is 19.9 Å². The Morgan fingerprint density at radius 1 is 1.20 bits per heavy atom. The van der Waals surface area contributed by atoms with Gasteiger partial charge in [0, 0.05) is 23.5 Å². The van der Waals surface area contributed by atoms with E-state index in [1.165, 1.54) is 0 Å². The van der Waals surface area contributed by atoms with E-state index >= 15 is 0 Å². The van der Waals surface area contributed by atoms with E-state index in [9.17, 15) is 0 Å². The lowest BCUT2D eigenvalue weighted by Gasteiger charge is -2.15. The van der Waals surface area contributed by atoms with E-state index in [-0.39, 0.29) is 5.92 Å². The Kier molecular flexibility index (Phi) is 5.36. The summed E-state index contributed by atoms with van der Waals surface area (Å²) in [5, 5.41) is 5.82. The smallest absolute Gasteiger partial charge is 0.130 e. The second kappa shape index (κ2) is 6.84. The van der Waals surface area contributed by atoms with Gasteiger partial charge in [-0.1, -0.05) is 41.4 Å². The largest absolute Gasteiger partial charge is 0.257 e. The summed E-state index contributed by atoms with van der Waals surface area (Å²) < 4.78 is 1.70. The van der Waals surface area contributed by atoms with Crippen LogP contribution in [0.5, 0.6) is 0 Å². The van der Waals surface area contributed by atoms with Crippen molar-refractivity contribution in [3.05, 3.63) is 51.3 Å². The van der Waals surface area contributed by atoms with Crippen molar-refractivity contribution in [2.24, 2.45) is 13.0 Å². The molecule has 0 spiro atoms. The van der Waals surface area contributed by atoms with Crippen LogP contribution in [0.1, 0.15) is 16.8 Å². The van der Waals surface area contributed by atoms with E-state index in [0.717, 1.165) is 34.7 Å². The van der Waals surface area contributed by atoms with Gasteiger partial charge in [-0.3, -0.25) is 4.68 Å². The van der Waals surface area contributed by atoms with Crippen LogP contribution in [-0.4, -0.2) is 15.7 Å². The Hall–Kier alpha value is -0.700. The molecule has 1 aromatic carbocycles. The molecule has 1 atom stereocenters. The topological polar surface area (TPSA) is 17.8 Å². The number of benzene rings is 1. The molecular weight excluding hydrogens is 315 g/mol. The third kappa shape index (κ3) is 3.49. The summed E-state index contributed by atoms with van der Waals surface area (Å²) in [5.74, 6) is 0.854. The third-order valence-corrected chi connectivity index (χ3v) is 4.73. The van der Waals surface area contributed by atoms with Gasteiger partial charge in [0.1, 0.15) is 5.15 Å². The average Bonchev–Trinajstić information content (AvgIpc) is 2.66. The minimum atomic E-state index is 0.289. The van der Waals surface area contributed by atoms with Gasteiger partial charge in [-0.2, -0.15) is 5.10 Å². The Bertz CT molecular complexity index is 593. The van der Waals surface area contributed by atoms with Crippen molar-refractivity contribution in [1.82, 2.24) is 9.78 Å². The average molecular weight is 332 g/mol. The molecule has 0 saturated heterocycles. The lowest BCUT2D eigenvalue weighted by Crippen LogP contribution is -2.11. The van der Waals surface area contributed by atoms with Gasteiger partial charge < -0.3 is 0 Å². The van der Waals surface area contributed by atoms with Crippen molar-refractivity contribution in [2.75, 3.05) is 5.88 Å². The zero-order valence-electron chi connectivity index (χ0n) is 11.5. The fourth-order valence-electron chi connectivity index (χ4n) is 2.35. The summed E-state index contributed by atoms with van der Waals surface area (Å²) in [7, 11) is 1.85.